The Morgan fingerprint density at radius 3 is 2.58 bits per heavy atom. The van der Waals surface area contributed by atoms with Gasteiger partial charge in [0.1, 0.15) is 0 Å². The summed E-state index contributed by atoms with van der Waals surface area (Å²) in [6.45, 7) is 3.48. The van der Waals surface area contributed by atoms with Crippen molar-refractivity contribution in [2.75, 3.05) is 26.3 Å². The predicted molar refractivity (Wildman–Crippen MR) is 44.7 cm³/mol. The van der Waals surface area contributed by atoms with Gasteiger partial charge in [-0.05, 0) is 6.42 Å². The minimum atomic E-state index is 0.275. The van der Waals surface area contributed by atoms with Crippen molar-refractivity contribution in [3.05, 3.63) is 11.8 Å². The van der Waals surface area contributed by atoms with E-state index >= 15 is 0 Å². The Labute approximate surface area is 72.0 Å². The average molecular weight is 167 g/mol. The summed E-state index contributed by atoms with van der Waals surface area (Å²) in [5.74, 6) is 0.275. The molecule has 3 heteroatoms. The van der Waals surface area contributed by atoms with Gasteiger partial charge in [0, 0.05) is 31.3 Å². The van der Waals surface area contributed by atoms with Crippen LogP contribution in [0.3, 0.4) is 0 Å². The molecule has 2 rings (SSSR count). The van der Waals surface area contributed by atoms with Gasteiger partial charge in [0.25, 0.3) is 0 Å². The number of carbonyl (C=O) groups is 1. The SMILES string of the molecule is O=C1C=C(N2CCOCC2)CC1. The van der Waals surface area contributed by atoms with Crippen LogP contribution >= 0.6 is 0 Å². The van der Waals surface area contributed by atoms with Crippen molar-refractivity contribution in [1.82, 2.24) is 4.90 Å². The van der Waals surface area contributed by atoms with Gasteiger partial charge >= 0.3 is 0 Å². The molecule has 0 spiro atoms. The molecule has 1 aliphatic heterocycles. The molecule has 1 saturated heterocycles. The van der Waals surface area contributed by atoms with E-state index in [0.29, 0.717) is 6.42 Å². The Hall–Kier alpha value is -0.830. The van der Waals surface area contributed by atoms with Crippen LogP contribution in [0, 0.1) is 0 Å². The van der Waals surface area contributed by atoms with Crippen LogP contribution in [0.5, 0.6) is 0 Å². The first-order valence-corrected chi connectivity index (χ1v) is 4.42. The van der Waals surface area contributed by atoms with Crippen molar-refractivity contribution in [3.8, 4) is 0 Å². The number of allylic oxidation sites excluding steroid dienone is 2. The van der Waals surface area contributed by atoms with Crippen LogP contribution in [0.1, 0.15) is 12.8 Å². The molecule has 1 heterocycles. The minimum Gasteiger partial charge on any atom is -0.378 e. The summed E-state index contributed by atoms with van der Waals surface area (Å²) in [5, 5.41) is 0. The molecule has 0 atom stereocenters. The highest BCUT2D eigenvalue weighted by molar-refractivity contribution is 5.92. The number of rotatable bonds is 1. The van der Waals surface area contributed by atoms with E-state index in [2.05, 4.69) is 4.90 Å². The average Bonchev–Trinajstić information content (AvgIpc) is 2.54. The predicted octanol–water partition coefficient (Wildman–Crippen LogP) is 0.565. The highest BCUT2D eigenvalue weighted by atomic mass is 16.5. The molecule has 0 N–H and O–H groups in total. The van der Waals surface area contributed by atoms with Crippen LogP contribution in [0.2, 0.25) is 0 Å². The summed E-state index contributed by atoms with van der Waals surface area (Å²) < 4.78 is 5.23. The topological polar surface area (TPSA) is 29.5 Å². The maximum atomic E-state index is 11.0. The Balaban J connectivity index is 1.99. The maximum Gasteiger partial charge on any atom is 0.157 e. The molecular weight excluding hydrogens is 154 g/mol. The molecule has 1 aliphatic carbocycles. The van der Waals surface area contributed by atoms with E-state index in [-0.39, 0.29) is 5.78 Å². The Morgan fingerprint density at radius 1 is 1.25 bits per heavy atom. The molecule has 0 bridgehead atoms. The minimum absolute atomic E-state index is 0.275. The lowest BCUT2D eigenvalue weighted by Gasteiger charge is -2.29. The molecule has 3 nitrogen and oxygen atoms in total. The van der Waals surface area contributed by atoms with Crippen LogP contribution < -0.4 is 0 Å². The van der Waals surface area contributed by atoms with E-state index in [1.807, 2.05) is 0 Å². The van der Waals surface area contributed by atoms with E-state index in [1.54, 1.807) is 6.08 Å². The zero-order valence-electron chi connectivity index (χ0n) is 7.08. The third-order valence-electron chi connectivity index (χ3n) is 2.37. The smallest absolute Gasteiger partial charge is 0.157 e. The summed E-state index contributed by atoms with van der Waals surface area (Å²) in [6.07, 6.45) is 3.41. The number of nitrogens with zero attached hydrogens (tertiary/aromatic N) is 1. The normalized spacial score (nSPS) is 24.5. The van der Waals surface area contributed by atoms with Crippen molar-refractivity contribution in [2.45, 2.75) is 12.8 Å². The van der Waals surface area contributed by atoms with Gasteiger partial charge in [0.05, 0.1) is 13.2 Å². The van der Waals surface area contributed by atoms with Crippen LogP contribution in [0.4, 0.5) is 0 Å². The number of ketones is 1. The lowest BCUT2D eigenvalue weighted by molar-refractivity contribution is -0.114. The standard InChI is InChI=1S/C9H13NO2/c11-9-2-1-8(7-9)10-3-5-12-6-4-10/h7H,1-6H2. The molecule has 0 radical (unpaired) electrons. The molecule has 0 aromatic rings. The quantitative estimate of drug-likeness (QED) is 0.571. The van der Waals surface area contributed by atoms with Gasteiger partial charge < -0.3 is 9.64 Å². The van der Waals surface area contributed by atoms with Crippen LogP contribution in [-0.2, 0) is 9.53 Å². The largest absolute Gasteiger partial charge is 0.378 e. The third kappa shape index (κ3) is 1.50. The fourth-order valence-electron chi connectivity index (χ4n) is 1.68. The highest BCUT2D eigenvalue weighted by Gasteiger charge is 2.19. The summed E-state index contributed by atoms with van der Waals surface area (Å²) in [5.41, 5.74) is 1.21. The van der Waals surface area contributed by atoms with Gasteiger partial charge in [-0.3, -0.25) is 4.79 Å². The van der Waals surface area contributed by atoms with Gasteiger partial charge in [0.2, 0.25) is 0 Å². The molecular formula is C9H13NO2. The van der Waals surface area contributed by atoms with E-state index < -0.39 is 0 Å². The first-order valence-electron chi connectivity index (χ1n) is 4.42. The number of hydrogen-bond donors (Lipinski definition) is 0. The molecule has 0 aromatic carbocycles. The Morgan fingerprint density at radius 2 is 2.00 bits per heavy atom. The van der Waals surface area contributed by atoms with Crippen LogP contribution in [0.15, 0.2) is 11.8 Å². The zero-order valence-corrected chi connectivity index (χ0v) is 7.08. The lowest BCUT2D eigenvalue weighted by atomic mass is 10.3. The molecule has 0 amide bonds. The van der Waals surface area contributed by atoms with Gasteiger partial charge in [-0.15, -0.1) is 0 Å². The fraction of sp³-hybridized carbons (Fsp3) is 0.667. The van der Waals surface area contributed by atoms with Crippen LogP contribution in [-0.4, -0.2) is 37.0 Å². The van der Waals surface area contributed by atoms with E-state index in [0.717, 1.165) is 32.7 Å². The van der Waals surface area contributed by atoms with Crippen molar-refractivity contribution in [1.29, 1.82) is 0 Å². The molecule has 12 heavy (non-hydrogen) atoms. The Bertz CT molecular complexity index is 217. The number of carbonyl (C=O) groups excluding carboxylic acids is 1. The summed E-state index contributed by atoms with van der Waals surface area (Å²) in [7, 11) is 0. The molecule has 0 unspecified atom stereocenters. The zero-order chi connectivity index (χ0) is 8.39. The van der Waals surface area contributed by atoms with Gasteiger partial charge in [-0.2, -0.15) is 0 Å². The first-order chi connectivity index (χ1) is 5.86. The van der Waals surface area contributed by atoms with E-state index in [9.17, 15) is 4.79 Å². The fourth-order valence-corrected chi connectivity index (χ4v) is 1.68. The van der Waals surface area contributed by atoms with Gasteiger partial charge in [-0.1, -0.05) is 0 Å². The number of ether oxygens (including phenoxy) is 1. The maximum absolute atomic E-state index is 11.0. The Kier molecular flexibility index (Phi) is 2.13. The number of morpholine rings is 1. The molecule has 1 fully saturated rings. The van der Waals surface area contributed by atoms with Crippen molar-refractivity contribution >= 4 is 5.78 Å². The summed E-state index contributed by atoms with van der Waals surface area (Å²) in [4.78, 5) is 13.2. The first kappa shape index (κ1) is 7.80. The molecule has 0 saturated carbocycles. The van der Waals surface area contributed by atoms with E-state index in [4.69, 9.17) is 4.74 Å². The van der Waals surface area contributed by atoms with Gasteiger partial charge in [0.15, 0.2) is 5.78 Å². The molecule has 0 aromatic heterocycles. The number of hydrogen-bond acceptors (Lipinski definition) is 3. The second-order valence-electron chi connectivity index (χ2n) is 3.20. The lowest BCUT2D eigenvalue weighted by Crippen LogP contribution is -2.35. The highest BCUT2D eigenvalue weighted by Crippen LogP contribution is 2.19. The molecule has 66 valence electrons. The van der Waals surface area contributed by atoms with E-state index in [1.165, 1.54) is 5.70 Å². The van der Waals surface area contributed by atoms with Crippen molar-refractivity contribution in [2.24, 2.45) is 0 Å². The second kappa shape index (κ2) is 3.27. The van der Waals surface area contributed by atoms with Crippen LogP contribution in [0.25, 0.3) is 0 Å². The van der Waals surface area contributed by atoms with Gasteiger partial charge in [-0.25, -0.2) is 0 Å². The summed E-state index contributed by atoms with van der Waals surface area (Å²) in [6, 6.07) is 0. The molecule has 2 aliphatic rings. The monoisotopic (exact) mass is 167 g/mol. The van der Waals surface area contributed by atoms with Crippen molar-refractivity contribution < 1.29 is 9.53 Å². The van der Waals surface area contributed by atoms with Crippen molar-refractivity contribution in [3.63, 3.8) is 0 Å². The second-order valence-corrected chi connectivity index (χ2v) is 3.20. The third-order valence-corrected chi connectivity index (χ3v) is 2.37. The summed E-state index contributed by atoms with van der Waals surface area (Å²) >= 11 is 0.